The molecule has 1 saturated heterocycles. The smallest absolute Gasteiger partial charge is 0.338 e. The molecule has 164 valence electrons. The average molecular weight is 436 g/mol. The van der Waals surface area contributed by atoms with Crippen molar-refractivity contribution in [2.75, 3.05) is 36.2 Å². The van der Waals surface area contributed by atoms with Crippen molar-refractivity contribution < 1.29 is 22.7 Å². The Hall–Kier alpha value is -2.42. The summed E-state index contributed by atoms with van der Waals surface area (Å²) in [5, 5.41) is 6.31. The lowest BCUT2D eigenvalue weighted by Crippen LogP contribution is -2.43. The number of carbonyl (C=O) groups excluding carboxylic acids is 2. The van der Waals surface area contributed by atoms with Crippen LogP contribution < -0.4 is 5.01 Å². The third kappa shape index (κ3) is 5.59. The highest BCUT2D eigenvalue weighted by Crippen LogP contribution is 2.21. The van der Waals surface area contributed by atoms with Crippen LogP contribution in [0, 0.1) is 0 Å². The molecule has 1 fully saturated rings. The summed E-state index contributed by atoms with van der Waals surface area (Å²) < 4.78 is 28.8. The SMILES string of the molecule is CCCCN(C(=O)COC(=O)c1ccc(N2CCC(C)=N2)cc1)C1CCS(=O)(=O)C1. The van der Waals surface area contributed by atoms with Gasteiger partial charge in [0.05, 0.1) is 22.8 Å². The van der Waals surface area contributed by atoms with Gasteiger partial charge in [0.15, 0.2) is 16.4 Å². The number of benzene rings is 1. The molecule has 1 aromatic carbocycles. The fourth-order valence-electron chi connectivity index (χ4n) is 3.68. The number of amides is 1. The van der Waals surface area contributed by atoms with E-state index in [1.54, 1.807) is 29.2 Å². The maximum Gasteiger partial charge on any atom is 0.338 e. The van der Waals surface area contributed by atoms with E-state index in [0.29, 0.717) is 18.5 Å². The third-order valence-corrected chi connectivity index (χ3v) is 7.18. The minimum atomic E-state index is -3.10. The van der Waals surface area contributed by atoms with Crippen molar-refractivity contribution in [1.29, 1.82) is 0 Å². The van der Waals surface area contributed by atoms with Gasteiger partial charge in [-0.3, -0.25) is 9.80 Å². The maximum atomic E-state index is 12.7. The summed E-state index contributed by atoms with van der Waals surface area (Å²) >= 11 is 0. The summed E-state index contributed by atoms with van der Waals surface area (Å²) in [7, 11) is -3.10. The van der Waals surface area contributed by atoms with Crippen molar-refractivity contribution in [2.45, 2.75) is 45.6 Å². The van der Waals surface area contributed by atoms with Gasteiger partial charge in [0, 0.05) is 31.3 Å². The minimum Gasteiger partial charge on any atom is -0.452 e. The lowest BCUT2D eigenvalue weighted by molar-refractivity contribution is -0.136. The van der Waals surface area contributed by atoms with E-state index in [0.717, 1.165) is 37.2 Å². The van der Waals surface area contributed by atoms with Crippen LogP contribution in [0.1, 0.15) is 49.9 Å². The van der Waals surface area contributed by atoms with Crippen molar-refractivity contribution >= 4 is 33.1 Å². The average Bonchev–Trinajstić information content (AvgIpc) is 3.31. The third-order valence-electron chi connectivity index (χ3n) is 5.43. The molecule has 1 unspecified atom stereocenters. The van der Waals surface area contributed by atoms with Crippen LogP contribution in [-0.4, -0.2) is 68.1 Å². The Bertz CT molecular complexity index is 911. The molecule has 0 bridgehead atoms. The summed E-state index contributed by atoms with van der Waals surface area (Å²) in [6.45, 7) is 4.88. The van der Waals surface area contributed by atoms with Crippen molar-refractivity contribution in [3.63, 3.8) is 0 Å². The predicted molar refractivity (Wildman–Crippen MR) is 115 cm³/mol. The lowest BCUT2D eigenvalue weighted by Gasteiger charge is -2.28. The van der Waals surface area contributed by atoms with Gasteiger partial charge >= 0.3 is 5.97 Å². The molecule has 9 heteroatoms. The largest absolute Gasteiger partial charge is 0.452 e. The Morgan fingerprint density at radius 1 is 1.27 bits per heavy atom. The van der Waals surface area contributed by atoms with Crippen molar-refractivity contribution in [2.24, 2.45) is 5.10 Å². The Kier molecular flexibility index (Phi) is 7.12. The molecule has 1 amide bonds. The molecule has 0 radical (unpaired) electrons. The molecule has 30 heavy (non-hydrogen) atoms. The van der Waals surface area contributed by atoms with Gasteiger partial charge in [-0.05, 0) is 44.0 Å². The monoisotopic (exact) mass is 435 g/mol. The van der Waals surface area contributed by atoms with E-state index in [2.05, 4.69) is 5.10 Å². The highest BCUT2D eigenvalue weighted by Gasteiger charge is 2.34. The van der Waals surface area contributed by atoms with E-state index >= 15 is 0 Å². The van der Waals surface area contributed by atoms with Gasteiger partial charge in [0.2, 0.25) is 0 Å². The Balaban J connectivity index is 1.57. The molecule has 0 saturated carbocycles. The zero-order valence-electron chi connectivity index (χ0n) is 17.5. The number of rotatable bonds is 8. The molecular weight excluding hydrogens is 406 g/mol. The van der Waals surface area contributed by atoms with Crippen LogP contribution in [0.4, 0.5) is 5.69 Å². The van der Waals surface area contributed by atoms with Crippen LogP contribution in [0.5, 0.6) is 0 Å². The van der Waals surface area contributed by atoms with Crippen LogP contribution >= 0.6 is 0 Å². The number of anilines is 1. The highest BCUT2D eigenvalue weighted by molar-refractivity contribution is 7.91. The number of nitrogens with zero attached hydrogens (tertiary/aromatic N) is 3. The van der Waals surface area contributed by atoms with Gasteiger partial charge < -0.3 is 9.64 Å². The number of hydrazone groups is 1. The molecule has 8 nitrogen and oxygen atoms in total. The van der Waals surface area contributed by atoms with Crippen LogP contribution in [-0.2, 0) is 19.4 Å². The first kappa shape index (κ1) is 22.3. The standard InChI is InChI=1S/C21H29N3O5S/c1-3-4-11-23(19-10-13-30(27,28)15-19)20(25)14-29-21(26)17-5-7-18(8-6-17)24-12-9-16(2)22-24/h5-8,19H,3-4,9-15H2,1-2H3. The van der Waals surface area contributed by atoms with E-state index in [9.17, 15) is 18.0 Å². The Morgan fingerprint density at radius 3 is 2.57 bits per heavy atom. The van der Waals surface area contributed by atoms with Crippen molar-refractivity contribution in [3.8, 4) is 0 Å². The second kappa shape index (κ2) is 9.59. The Labute approximate surface area is 177 Å². The van der Waals surface area contributed by atoms with Crippen LogP contribution in [0.25, 0.3) is 0 Å². The van der Waals surface area contributed by atoms with E-state index in [1.807, 2.05) is 18.9 Å². The first-order chi connectivity index (χ1) is 14.3. The summed E-state index contributed by atoms with van der Waals surface area (Å²) in [6.07, 6.45) is 3.01. The zero-order chi connectivity index (χ0) is 21.7. The minimum absolute atomic E-state index is 0.0175. The number of unbranched alkanes of at least 4 members (excludes halogenated alkanes) is 1. The van der Waals surface area contributed by atoms with Gasteiger partial charge in [-0.25, -0.2) is 13.2 Å². The summed E-state index contributed by atoms with van der Waals surface area (Å²) in [5.74, 6) is -0.848. The number of carbonyl (C=O) groups is 2. The van der Waals surface area contributed by atoms with E-state index in [-0.39, 0.29) is 23.5 Å². The maximum absolute atomic E-state index is 12.7. The first-order valence-corrected chi connectivity index (χ1v) is 12.2. The highest BCUT2D eigenvalue weighted by atomic mass is 32.2. The molecule has 2 heterocycles. The molecule has 0 N–H and O–H groups in total. The van der Waals surface area contributed by atoms with Gasteiger partial charge in [0.25, 0.3) is 5.91 Å². The van der Waals surface area contributed by atoms with Crippen LogP contribution in [0.15, 0.2) is 29.4 Å². The molecule has 1 aromatic rings. The quantitative estimate of drug-likeness (QED) is 0.581. The molecule has 1 atom stereocenters. The fourth-order valence-corrected chi connectivity index (χ4v) is 5.41. The van der Waals surface area contributed by atoms with E-state index in [1.165, 1.54) is 0 Å². The molecule has 0 aromatic heterocycles. The zero-order valence-corrected chi connectivity index (χ0v) is 18.4. The molecular formula is C21H29N3O5S. The molecule has 3 rings (SSSR count). The van der Waals surface area contributed by atoms with Crippen LogP contribution in [0.2, 0.25) is 0 Å². The summed E-state index contributed by atoms with van der Waals surface area (Å²) in [5.41, 5.74) is 2.32. The number of sulfone groups is 1. The second-order valence-electron chi connectivity index (χ2n) is 7.83. The topological polar surface area (TPSA) is 96.3 Å². The second-order valence-corrected chi connectivity index (χ2v) is 10.1. The fraction of sp³-hybridized carbons (Fsp3) is 0.571. The number of ether oxygens (including phenoxy) is 1. The normalized spacial score (nSPS) is 20.1. The predicted octanol–water partition coefficient (Wildman–Crippen LogP) is 2.25. The van der Waals surface area contributed by atoms with Gasteiger partial charge in [0.1, 0.15) is 0 Å². The summed E-state index contributed by atoms with van der Waals surface area (Å²) in [6, 6.07) is 6.58. The lowest BCUT2D eigenvalue weighted by atomic mass is 10.2. The number of hydrogen-bond donors (Lipinski definition) is 0. The van der Waals surface area contributed by atoms with E-state index in [4.69, 9.17) is 4.74 Å². The van der Waals surface area contributed by atoms with Crippen molar-refractivity contribution in [3.05, 3.63) is 29.8 Å². The van der Waals surface area contributed by atoms with Crippen LogP contribution in [0.3, 0.4) is 0 Å². The van der Waals surface area contributed by atoms with Gasteiger partial charge in [-0.1, -0.05) is 13.3 Å². The van der Waals surface area contributed by atoms with Crippen molar-refractivity contribution in [1.82, 2.24) is 4.90 Å². The molecule has 2 aliphatic heterocycles. The number of esters is 1. The summed E-state index contributed by atoms with van der Waals surface area (Å²) in [4.78, 5) is 26.6. The van der Waals surface area contributed by atoms with Gasteiger partial charge in [-0.15, -0.1) is 0 Å². The molecule has 2 aliphatic rings. The molecule has 0 aliphatic carbocycles. The van der Waals surface area contributed by atoms with Gasteiger partial charge in [-0.2, -0.15) is 5.10 Å². The number of hydrogen-bond acceptors (Lipinski definition) is 7. The Morgan fingerprint density at radius 2 is 2.00 bits per heavy atom. The van der Waals surface area contributed by atoms with E-state index < -0.39 is 22.4 Å². The first-order valence-electron chi connectivity index (χ1n) is 10.4. The molecule has 0 spiro atoms.